The van der Waals surface area contributed by atoms with Gasteiger partial charge in [-0.3, -0.25) is 4.57 Å². The van der Waals surface area contributed by atoms with Crippen LogP contribution in [0.2, 0.25) is 0 Å². The van der Waals surface area contributed by atoms with E-state index in [4.69, 9.17) is 14.8 Å². The van der Waals surface area contributed by atoms with Crippen LogP contribution in [0, 0.1) is 13.8 Å². The molecule has 0 aliphatic carbocycles. The van der Waals surface area contributed by atoms with Crippen molar-refractivity contribution < 1.29 is 4.74 Å². The fourth-order valence-electron chi connectivity index (χ4n) is 8.02. The Balaban J connectivity index is 1.35. The summed E-state index contributed by atoms with van der Waals surface area (Å²) in [4.78, 5) is 4.88. The second-order valence-corrected chi connectivity index (χ2v) is 17.7. The minimum Gasteiger partial charge on any atom is -0.457 e. The molecule has 284 valence electrons. The third-order valence-electron chi connectivity index (χ3n) is 11.2. The topological polar surface area (TPSA) is 44.9 Å². The van der Waals surface area contributed by atoms with Crippen molar-refractivity contribution in [3.63, 3.8) is 0 Å². The van der Waals surface area contributed by atoms with Gasteiger partial charge < -0.3 is 4.74 Å². The van der Waals surface area contributed by atoms with Crippen molar-refractivity contribution in [1.29, 1.82) is 0 Å². The van der Waals surface area contributed by atoms with E-state index in [2.05, 4.69) is 184 Å². The van der Waals surface area contributed by atoms with Crippen molar-refractivity contribution in [2.45, 2.75) is 119 Å². The van der Waals surface area contributed by atoms with E-state index in [9.17, 15) is 0 Å². The van der Waals surface area contributed by atoms with Crippen molar-refractivity contribution in [2.24, 2.45) is 0 Å². The predicted molar refractivity (Wildman–Crippen MR) is 232 cm³/mol. The zero-order valence-corrected chi connectivity index (χ0v) is 35.2. The Hall–Kier alpha value is -5.16. The number of pyridine rings is 1. The lowest BCUT2D eigenvalue weighted by Crippen LogP contribution is -2.12. The van der Waals surface area contributed by atoms with Crippen LogP contribution in [-0.4, -0.2) is 19.3 Å². The van der Waals surface area contributed by atoms with E-state index in [1.807, 2.05) is 6.20 Å². The third-order valence-corrected chi connectivity index (χ3v) is 11.2. The number of hydrogen-bond acceptors (Lipinski definition) is 3. The van der Waals surface area contributed by atoms with Crippen LogP contribution >= 0.6 is 0 Å². The van der Waals surface area contributed by atoms with Crippen LogP contribution in [0.1, 0.15) is 139 Å². The van der Waals surface area contributed by atoms with Crippen molar-refractivity contribution in [3.8, 4) is 34.1 Å². The predicted octanol–water partition coefficient (Wildman–Crippen LogP) is 14.2. The second kappa shape index (κ2) is 14.5. The SMILES string of the molecule is Cc1nn(-c2cc(Oc3ccc4c5ccccc5n(-c5cc(C(C)(C)C)ccn5)c4c3)cc(C(C)C)c2)c(C)c1-c1c(C(C)C)cc(C(C)C)cc1C(C)C. The van der Waals surface area contributed by atoms with E-state index in [0.29, 0.717) is 23.7 Å². The van der Waals surface area contributed by atoms with Gasteiger partial charge in [-0.05, 0) is 119 Å². The Bertz CT molecular complexity index is 2510. The first-order valence-electron chi connectivity index (χ1n) is 20.1. The lowest BCUT2D eigenvalue weighted by Gasteiger charge is -2.23. The van der Waals surface area contributed by atoms with Crippen LogP contribution in [0.25, 0.3) is 44.4 Å². The highest BCUT2D eigenvalue weighted by Crippen LogP contribution is 2.43. The van der Waals surface area contributed by atoms with Gasteiger partial charge in [-0.2, -0.15) is 5.10 Å². The van der Waals surface area contributed by atoms with Gasteiger partial charge >= 0.3 is 0 Å². The molecule has 5 nitrogen and oxygen atoms in total. The number of nitrogens with zero attached hydrogens (tertiary/aromatic N) is 4. The van der Waals surface area contributed by atoms with Gasteiger partial charge in [0.05, 0.1) is 22.4 Å². The molecule has 5 heteroatoms. The standard InChI is InChI=1S/C50H58N4O/c1-29(2)35-22-38(54-34(10)48(33(9)52-54)49-43(31(5)6)24-36(30(3)4)25-44(49)32(7)8)27-40(23-35)55-39-18-19-42-41-16-14-15-17-45(41)53(46(42)28-39)47-26-37(20-21-51-47)50(11,12)13/h14-32H,1-13H3. The van der Waals surface area contributed by atoms with E-state index in [1.54, 1.807) is 0 Å². The fourth-order valence-corrected chi connectivity index (χ4v) is 8.02. The highest BCUT2D eigenvalue weighted by atomic mass is 16.5. The van der Waals surface area contributed by atoms with Gasteiger partial charge in [0.2, 0.25) is 0 Å². The number of ether oxygens (including phenoxy) is 1. The highest BCUT2D eigenvalue weighted by molar-refractivity contribution is 6.09. The first-order valence-corrected chi connectivity index (χ1v) is 20.1. The molecule has 0 saturated heterocycles. The van der Waals surface area contributed by atoms with Gasteiger partial charge in [0.25, 0.3) is 0 Å². The Labute approximate surface area is 328 Å². The maximum atomic E-state index is 6.83. The lowest BCUT2D eigenvalue weighted by molar-refractivity contribution is 0.481. The summed E-state index contributed by atoms with van der Waals surface area (Å²) in [6.07, 6.45) is 1.92. The zero-order valence-electron chi connectivity index (χ0n) is 35.2. The number of para-hydroxylation sites is 1. The van der Waals surface area contributed by atoms with Crippen LogP contribution in [0.4, 0.5) is 0 Å². The quantitative estimate of drug-likeness (QED) is 0.149. The summed E-state index contributed by atoms with van der Waals surface area (Å²) in [7, 11) is 0. The molecule has 0 atom stereocenters. The minimum atomic E-state index is 0.00190. The molecule has 55 heavy (non-hydrogen) atoms. The molecule has 0 unspecified atom stereocenters. The zero-order chi connectivity index (χ0) is 39.5. The van der Waals surface area contributed by atoms with Crippen LogP contribution in [0.15, 0.2) is 91.1 Å². The van der Waals surface area contributed by atoms with Crippen LogP contribution < -0.4 is 4.74 Å². The first-order chi connectivity index (χ1) is 26.0. The van der Waals surface area contributed by atoms with Crippen molar-refractivity contribution in [1.82, 2.24) is 19.3 Å². The molecular formula is C50H58N4O. The Morgan fingerprint density at radius 2 is 1.24 bits per heavy atom. The van der Waals surface area contributed by atoms with Crippen LogP contribution in [0.3, 0.4) is 0 Å². The molecule has 0 bridgehead atoms. The Morgan fingerprint density at radius 1 is 0.600 bits per heavy atom. The summed E-state index contributed by atoms with van der Waals surface area (Å²) in [5.74, 6) is 3.99. The molecule has 0 aliphatic rings. The molecule has 3 heterocycles. The first kappa shape index (κ1) is 38.1. The van der Waals surface area contributed by atoms with Gasteiger partial charge in [-0.15, -0.1) is 0 Å². The van der Waals surface area contributed by atoms with Crippen LogP contribution in [-0.2, 0) is 5.41 Å². The average Bonchev–Trinajstić information content (AvgIpc) is 3.62. The fraction of sp³-hybridized carbons (Fsp3) is 0.360. The molecule has 7 rings (SSSR count). The summed E-state index contributed by atoms with van der Waals surface area (Å²) in [5, 5.41) is 7.61. The Morgan fingerprint density at radius 3 is 1.87 bits per heavy atom. The number of hydrogen-bond donors (Lipinski definition) is 0. The van der Waals surface area contributed by atoms with E-state index in [1.165, 1.54) is 49.7 Å². The van der Waals surface area contributed by atoms with E-state index in [0.717, 1.165) is 45.4 Å². The number of fused-ring (bicyclic) bond motifs is 3. The smallest absolute Gasteiger partial charge is 0.137 e. The Kier molecular flexibility index (Phi) is 10.0. The molecule has 3 aromatic heterocycles. The van der Waals surface area contributed by atoms with Gasteiger partial charge in [0.1, 0.15) is 17.3 Å². The second-order valence-electron chi connectivity index (χ2n) is 17.7. The van der Waals surface area contributed by atoms with Gasteiger partial charge in [-0.1, -0.05) is 106 Å². The summed E-state index contributed by atoms with van der Waals surface area (Å²) in [5.41, 5.74) is 14.6. The molecule has 0 radical (unpaired) electrons. The maximum absolute atomic E-state index is 6.83. The summed E-state index contributed by atoms with van der Waals surface area (Å²) in [6, 6.07) is 30.8. The van der Waals surface area contributed by atoms with Crippen molar-refractivity contribution in [2.75, 3.05) is 0 Å². The molecule has 0 amide bonds. The third kappa shape index (κ3) is 7.10. The van der Waals surface area contributed by atoms with E-state index in [-0.39, 0.29) is 5.41 Å². The summed E-state index contributed by atoms with van der Waals surface area (Å²) < 4.78 is 11.2. The van der Waals surface area contributed by atoms with Gasteiger partial charge in [0, 0.05) is 40.4 Å². The van der Waals surface area contributed by atoms with Gasteiger partial charge in [-0.25, -0.2) is 9.67 Å². The molecule has 0 aliphatic heterocycles. The van der Waals surface area contributed by atoms with Crippen molar-refractivity contribution >= 4 is 21.8 Å². The minimum absolute atomic E-state index is 0.00190. The number of benzene rings is 4. The molecule has 4 aromatic carbocycles. The number of rotatable bonds is 9. The maximum Gasteiger partial charge on any atom is 0.137 e. The molecule has 0 N–H and O–H groups in total. The summed E-state index contributed by atoms with van der Waals surface area (Å²) in [6.45, 7) is 29.4. The van der Waals surface area contributed by atoms with E-state index < -0.39 is 0 Å². The van der Waals surface area contributed by atoms with Crippen LogP contribution in [0.5, 0.6) is 11.5 Å². The summed E-state index contributed by atoms with van der Waals surface area (Å²) >= 11 is 0. The van der Waals surface area contributed by atoms with E-state index >= 15 is 0 Å². The monoisotopic (exact) mass is 730 g/mol. The largest absolute Gasteiger partial charge is 0.457 e. The van der Waals surface area contributed by atoms with Gasteiger partial charge in [0.15, 0.2) is 0 Å². The van der Waals surface area contributed by atoms with Crippen molar-refractivity contribution in [3.05, 3.63) is 130 Å². The molecule has 7 aromatic rings. The molecular weight excluding hydrogens is 673 g/mol. The normalized spacial score (nSPS) is 12.4. The lowest BCUT2D eigenvalue weighted by atomic mass is 9.81. The number of aromatic nitrogens is 4. The molecule has 0 saturated carbocycles. The number of aryl methyl sites for hydroxylation is 1. The molecule has 0 spiro atoms. The molecule has 0 fully saturated rings. The highest BCUT2D eigenvalue weighted by Gasteiger charge is 2.25. The average molecular weight is 731 g/mol.